The summed E-state index contributed by atoms with van der Waals surface area (Å²) in [6, 6.07) is 10.5. The Hall–Kier alpha value is -2.49. The lowest BCUT2D eigenvalue weighted by molar-refractivity contribution is -0.140. The van der Waals surface area contributed by atoms with Crippen LogP contribution in [0.1, 0.15) is 32.8 Å². The molecule has 1 N–H and O–H groups in total. The second-order valence-electron chi connectivity index (χ2n) is 8.36. The van der Waals surface area contributed by atoms with Gasteiger partial charge >= 0.3 is 0 Å². The van der Waals surface area contributed by atoms with Gasteiger partial charge in [0.25, 0.3) is 0 Å². The molecule has 0 saturated heterocycles. The molecule has 35 heavy (non-hydrogen) atoms. The molecule has 2 aromatic carbocycles. The molecule has 0 aliphatic carbocycles. The van der Waals surface area contributed by atoms with E-state index >= 15 is 0 Å². The Morgan fingerprint density at radius 1 is 1.09 bits per heavy atom. The van der Waals surface area contributed by atoms with Gasteiger partial charge in [0.05, 0.1) is 19.1 Å². The molecule has 2 rings (SSSR count). The molecule has 2 amide bonds. The number of nitrogens with zero attached hydrogens (tertiary/aromatic N) is 2. The van der Waals surface area contributed by atoms with Crippen molar-refractivity contribution in [2.24, 2.45) is 0 Å². The number of sulfonamides is 1. The molecule has 0 aliphatic heterocycles. The molecular weight excluding hydrogens is 513 g/mol. The van der Waals surface area contributed by atoms with Crippen LogP contribution in [0.3, 0.4) is 0 Å². The van der Waals surface area contributed by atoms with E-state index in [0.29, 0.717) is 12.2 Å². The minimum Gasteiger partial charge on any atom is -0.497 e. The van der Waals surface area contributed by atoms with E-state index in [1.165, 1.54) is 30.2 Å². The van der Waals surface area contributed by atoms with Gasteiger partial charge in [-0.15, -0.1) is 0 Å². The maximum atomic E-state index is 13.6. The molecular formula is C24H31Cl2N3O5S. The lowest BCUT2D eigenvalue weighted by Crippen LogP contribution is -2.53. The molecule has 1 unspecified atom stereocenters. The number of nitrogens with one attached hydrogen (secondary N) is 1. The topological polar surface area (TPSA) is 96.0 Å². The van der Waals surface area contributed by atoms with Gasteiger partial charge in [-0.05, 0) is 56.2 Å². The number of carbonyl (C=O) groups is 2. The van der Waals surface area contributed by atoms with Crippen LogP contribution < -0.4 is 14.4 Å². The summed E-state index contributed by atoms with van der Waals surface area (Å²) < 4.78 is 31.5. The van der Waals surface area contributed by atoms with Crippen molar-refractivity contribution in [3.8, 4) is 5.75 Å². The van der Waals surface area contributed by atoms with Crippen LogP contribution in [0.4, 0.5) is 5.69 Å². The van der Waals surface area contributed by atoms with Crippen LogP contribution in [0, 0.1) is 0 Å². The number of rotatable bonds is 11. The van der Waals surface area contributed by atoms with Gasteiger partial charge in [0.1, 0.15) is 18.3 Å². The molecule has 0 fully saturated rings. The van der Waals surface area contributed by atoms with Gasteiger partial charge < -0.3 is 15.0 Å². The Bertz CT molecular complexity index is 1140. The zero-order valence-electron chi connectivity index (χ0n) is 20.4. The van der Waals surface area contributed by atoms with E-state index in [1.54, 1.807) is 31.2 Å². The molecule has 0 bridgehead atoms. The number of amides is 2. The highest BCUT2D eigenvalue weighted by Crippen LogP contribution is 2.27. The van der Waals surface area contributed by atoms with E-state index < -0.39 is 28.5 Å². The second kappa shape index (κ2) is 12.5. The number of methoxy groups -OCH3 is 1. The first-order valence-corrected chi connectivity index (χ1v) is 13.6. The Morgan fingerprint density at radius 3 is 2.23 bits per heavy atom. The number of hydrogen-bond donors (Lipinski definition) is 1. The summed E-state index contributed by atoms with van der Waals surface area (Å²) in [7, 11) is -2.35. The van der Waals surface area contributed by atoms with Crippen LogP contribution in [-0.2, 0) is 26.2 Å². The van der Waals surface area contributed by atoms with E-state index in [9.17, 15) is 18.0 Å². The zero-order valence-corrected chi connectivity index (χ0v) is 22.7. The lowest BCUT2D eigenvalue weighted by Gasteiger charge is -2.33. The van der Waals surface area contributed by atoms with Crippen LogP contribution in [-0.4, -0.2) is 57.1 Å². The Kier molecular flexibility index (Phi) is 10.2. The largest absolute Gasteiger partial charge is 0.497 e. The van der Waals surface area contributed by atoms with Crippen molar-refractivity contribution in [2.75, 3.05) is 24.2 Å². The van der Waals surface area contributed by atoms with Crippen molar-refractivity contribution in [1.82, 2.24) is 10.2 Å². The van der Waals surface area contributed by atoms with Crippen molar-refractivity contribution < 1.29 is 22.7 Å². The normalized spacial score (nSPS) is 12.2. The summed E-state index contributed by atoms with van der Waals surface area (Å²) in [6.07, 6.45) is 1.32. The van der Waals surface area contributed by atoms with Gasteiger partial charge in [0, 0.05) is 22.6 Å². The third-order valence-corrected chi connectivity index (χ3v) is 6.70. The SMILES string of the molecule is CCC(C(=O)NC(C)C)N(Cc1cccc(OC)c1)C(=O)CN(c1cc(Cl)cc(Cl)c1)S(C)(=O)=O. The van der Waals surface area contributed by atoms with Crippen molar-refractivity contribution in [3.05, 3.63) is 58.1 Å². The first-order chi connectivity index (χ1) is 16.3. The van der Waals surface area contributed by atoms with Gasteiger partial charge in [-0.3, -0.25) is 13.9 Å². The number of benzene rings is 2. The number of ether oxygens (including phenoxy) is 1. The summed E-state index contributed by atoms with van der Waals surface area (Å²) in [6.45, 7) is 4.99. The van der Waals surface area contributed by atoms with Crippen LogP contribution in [0.5, 0.6) is 5.75 Å². The molecule has 8 nitrogen and oxygen atoms in total. The summed E-state index contributed by atoms with van der Waals surface area (Å²) in [5.41, 5.74) is 0.879. The Morgan fingerprint density at radius 2 is 1.71 bits per heavy atom. The maximum Gasteiger partial charge on any atom is 0.244 e. The average Bonchev–Trinajstić information content (AvgIpc) is 2.75. The smallest absolute Gasteiger partial charge is 0.244 e. The molecule has 192 valence electrons. The van der Waals surface area contributed by atoms with Crippen LogP contribution >= 0.6 is 23.2 Å². The molecule has 0 radical (unpaired) electrons. The fraction of sp³-hybridized carbons (Fsp3) is 0.417. The molecule has 0 heterocycles. The molecule has 2 aromatic rings. The lowest BCUT2D eigenvalue weighted by atomic mass is 10.1. The zero-order chi connectivity index (χ0) is 26.3. The molecule has 0 spiro atoms. The van der Waals surface area contributed by atoms with Gasteiger partial charge in [0.2, 0.25) is 21.8 Å². The number of anilines is 1. The number of carbonyl (C=O) groups excluding carboxylic acids is 2. The molecule has 0 saturated carbocycles. The van der Waals surface area contributed by atoms with E-state index in [0.717, 1.165) is 16.1 Å². The first kappa shape index (κ1) is 28.7. The summed E-state index contributed by atoms with van der Waals surface area (Å²) in [5.74, 6) is -0.281. The highest BCUT2D eigenvalue weighted by Gasteiger charge is 2.32. The predicted octanol–water partition coefficient (Wildman–Crippen LogP) is 4.10. The van der Waals surface area contributed by atoms with Crippen molar-refractivity contribution in [2.45, 2.75) is 45.8 Å². The highest BCUT2D eigenvalue weighted by molar-refractivity contribution is 7.92. The van der Waals surface area contributed by atoms with Crippen LogP contribution in [0.25, 0.3) is 0 Å². The Balaban J connectivity index is 2.49. The fourth-order valence-corrected chi connectivity index (χ4v) is 4.91. The van der Waals surface area contributed by atoms with Gasteiger partial charge in [-0.1, -0.05) is 42.3 Å². The summed E-state index contributed by atoms with van der Waals surface area (Å²) in [5, 5.41) is 3.30. The first-order valence-electron chi connectivity index (χ1n) is 11.0. The standard InChI is InChI=1S/C24H31Cl2N3O5S/c1-6-22(24(31)27-16(2)3)28(14-17-8-7-9-21(10-17)34-4)23(30)15-29(35(5,32)33)20-12-18(25)11-19(26)13-20/h7-13,16,22H,6,14-15H2,1-5H3,(H,27,31). The van der Waals surface area contributed by atoms with Crippen molar-refractivity contribution >= 4 is 50.7 Å². The van der Waals surface area contributed by atoms with E-state index in [2.05, 4.69) is 5.32 Å². The molecule has 11 heteroatoms. The number of halogens is 2. The maximum absolute atomic E-state index is 13.6. The minimum atomic E-state index is -3.89. The van der Waals surface area contributed by atoms with Gasteiger partial charge in [-0.25, -0.2) is 8.42 Å². The number of hydrogen-bond acceptors (Lipinski definition) is 5. The quantitative estimate of drug-likeness (QED) is 0.460. The highest BCUT2D eigenvalue weighted by atomic mass is 35.5. The molecule has 0 aliphatic rings. The van der Waals surface area contributed by atoms with E-state index in [4.69, 9.17) is 27.9 Å². The minimum absolute atomic E-state index is 0.0773. The third-order valence-electron chi connectivity index (χ3n) is 5.12. The van der Waals surface area contributed by atoms with E-state index in [-0.39, 0.29) is 34.2 Å². The molecule has 0 aromatic heterocycles. The van der Waals surface area contributed by atoms with Crippen molar-refractivity contribution in [3.63, 3.8) is 0 Å². The summed E-state index contributed by atoms with van der Waals surface area (Å²) in [4.78, 5) is 28.0. The third kappa shape index (κ3) is 8.30. The Labute approximate surface area is 217 Å². The van der Waals surface area contributed by atoms with Crippen molar-refractivity contribution in [1.29, 1.82) is 0 Å². The average molecular weight is 545 g/mol. The second-order valence-corrected chi connectivity index (χ2v) is 11.1. The van der Waals surface area contributed by atoms with Gasteiger partial charge in [-0.2, -0.15) is 0 Å². The predicted molar refractivity (Wildman–Crippen MR) is 140 cm³/mol. The fourth-order valence-electron chi connectivity index (χ4n) is 3.56. The monoisotopic (exact) mass is 543 g/mol. The van der Waals surface area contributed by atoms with Gasteiger partial charge in [0.15, 0.2) is 0 Å². The summed E-state index contributed by atoms with van der Waals surface area (Å²) >= 11 is 12.2. The van der Waals surface area contributed by atoms with Crippen LogP contribution in [0.15, 0.2) is 42.5 Å². The van der Waals surface area contributed by atoms with E-state index in [1.807, 2.05) is 13.8 Å². The molecule has 1 atom stereocenters. The van der Waals surface area contributed by atoms with Crippen LogP contribution in [0.2, 0.25) is 10.0 Å².